The number of halogens is 3. The molecule has 5 nitrogen and oxygen atoms in total. The number of rotatable bonds is 3. The lowest BCUT2D eigenvalue weighted by molar-refractivity contribution is 0.0536. The summed E-state index contributed by atoms with van der Waals surface area (Å²) in [7, 11) is 0. The van der Waals surface area contributed by atoms with Crippen molar-refractivity contribution in [1.82, 2.24) is 14.9 Å². The van der Waals surface area contributed by atoms with E-state index >= 15 is 0 Å². The summed E-state index contributed by atoms with van der Waals surface area (Å²) < 4.78 is 0. The number of likely N-dealkylation sites (tertiary alicyclic amines) is 1. The summed E-state index contributed by atoms with van der Waals surface area (Å²) in [4.78, 5) is 23.6. The van der Waals surface area contributed by atoms with Crippen molar-refractivity contribution in [1.29, 1.82) is 0 Å². The zero-order valence-electron chi connectivity index (χ0n) is 15.9. The van der Waals surface area contributed by atoms with Crippen LogP contribution in [0.3, 0.4) is 0 Å². The fraction of sp³-hybridized carbons (Fsp3) is 0.227. The summed E-state index contributed by atoms with van der Waals surface area (Å²) in [5, 5.41) is 11.3. The van der Waals surface area contributed by atoms with Gasteiger partial charge in [-0.05, 0) is 48.7 Å². The molecule has 1 aliphatic heterocycles. The van der Waals surface area contributed by atoms with Crippen LogP contribution >= 0.6 is 34.8 Å². The van der Waals surface area contributed by atoms with Crippen LogP contribution in [0.25, 0.3) is 22.4 Å². The summed E-state index contributed by atoms with van der Waals surface area (Å²) in [5.74, 6) is -0.180. The number of aliphatic hydroxyl groups excluding tert-OH is 1. The lowest BCUT2D eigenvalue weighted by Gasteiger charge is -2.29. The van der Waals surface area contributed by atoms with Crippen molar-refractivity contribution in [2.45, 2.75) is 18.9 Å². The van der Waals surface area contributed by atoms with E-state index in [1.807, 2.05) is 12.1 Å². The van der Waals surface area contributed by atoms with Crippen molar-refractivity contribution >= 4 is 40.7 Å². The summed E-state index contributed by atoms with van der Waals surface area (Å²) >= 11 is 18.5. The van der Waals surface area contributed by atoms with E-state index < -0.39 is 0 Å². The SMILES string of the molecule is O=C(c1ncc(-c2ccc(Cl)cc2)c(-c2ccc(Cl)cc2Cl)n1)N1CCC(O)CC1. The van der Waals surface area contributed by atoms with Crippen LogP contribution in [0.5, 0.6) is 0 Å². The first-order chi connectivity index (χ1) is 14.4. The zero-order chi connectivity index (χ0) is 21.3. The lowest BCUT2D eigenvalue weighted by atomic mass is 10.0. The van der Waals surface area contributed by atoms with Gasteiger partial charge in [0, 0.05) is 40.5 Å². The molecule has 1 saturated heterocycles. The topological polar surface area (TPSA) is 66.3 Å². The highest BCUT2D eigenvalue weighted by Gasteiger charge is 2.25. The van der Waals surface area contributed by atoms with Crippen LogP contribution in [0.15, 0.2) is 48.7 Å². The van der Waals surface area contributed by atoms with Gasteiger partial charge in [0.15, 0.2) is 0 Å². The van der Waals surface area contributed by atoms with Crippen LogP contribution in [0, 0.1) is 0 Å². The molecule has 154 valence electrons. The average Bonchev–Trinajstić information content (AvgIpc) is 2.74. The third-order valence-corrected chi connectivity index (χ3v) is 5.87. The molecule has 0 aliphatic carbocycles. The number of carbonyl (C=O) groups is 1. The van der Waals surface area contributed by atoms with E-state index in [2.05, 4.69) is 9.97 Å². The summed E-state index contributed by atoms with van der Waals surface area (Å²) in [6, 6.07) is 12.4. The number of aliphatic hydroxyl groups is 1. The molecule has 2 heterocycles. The summed E-state index contributed by atoms with van der Waals surface area (Å²) in [6.45, 7) is 0.943. The van der Waals surface area contributed by atoms with E-state index in [1.165, 1.54) is 0 Å². The number of amides is 1. The minimum atomic E-state index is -0.370. The third-order valence-electron chi connectivity index (χ3n) is 5.07. The Labute approximate surface area is 189 Å². The molecule has 3 aromatic rings. The Kier molecular flexibility index (Phi) is 6.25. The Morgan fingerprint density at radius 1 is 0.967 bits per heavy atom. The van der Waals surface area contributed by atoms with E-state index in [4.69, 9.17) is 34.8 Å². The molecule has 0 bridgehead atoms. The molecule has 0 saturated carbocycles. The average molecular weight is 463 g/mol. The lowest BCUT2D eigenvalue weighted by Crippen LogP contribution is -2.40. The van der Waals surface area contributed by atoms with Gasteiger partial charge in [0.2, 0.25) is 5.82 Å². The zero-order valence-corrected chi connectivity index (χ0v) is 18.1. The standard InChI is InChI=1S/C22H18Cl3N3O2/c23-14-3-1-13(2-4-14)18-12-26-21(22(30)28-9-7-16(29)8-10-28)27-20(18)17-6-5-15(24)11-19(17)25/h1-6,11-12,16,29H,7-10H2. The van der Waals surface area contributed by atoms with Crippen LogP contribution in [-0.2, 0) is 0 Å². The maximum absolute atomic E-state index is 13.0. The molecule has 1 aromatic heterocycles. The molecule has 1 aliphatic rings. The van der Waals surface area contributed by atoms with Gasteiger partial charge >= 0.3 is 0 Å². The van der Waals surface area contributed by atoms with Gasteiger partial charge in [0.25, 0.3) is 5.91 Å². The number of hydrogen-bond donors (Lipinski definition) is 1. The van der Waals surface area contributed by atoms with Crippen molar-refractivity contribution in [2.75, 3.05) is 13.1 Å². The van der Waals surface area contributed by atoms with E-state index in [9.17, 15) is 9.90 Å². The van der Waals surface area contributed by atoms with Gasteiger partial charge in [-0.3, -0.25) is 4.79 Å². The summed E-state index contributed by atoms with van der Waals surface area (Å²) in [5.41, 5.74) is 2.76. The maximum atomic E-state index is 13.0. The van der Waals surface area contributed by atoms with Crippen molar-refractivity contribution < 1.29 is 9.90 Å². The fourth-order valence-corrected chi connectivity index (χ4v) is 4.05. The summed E-state index contributed by atoms with van der Waals surface area (Å²) in [6.07, 6.45) is 2.35. The van der Waals surface area contributed by atoms with Crippen molar-refractivity contribution in [3.8, 4) is 22.4 Å². The highest BCUT2D eigenvalue weighted by Crippen LogP contribution is 2.36. The molecular weight excluding hydrogens is 445 g/mol. The normalized spacial score (nSPS) is 14.7. The van der Waals surface area contributed by atoms with Gasteiger partial charge in [0.05, 0.1) is 16.8 Å². The molecular formula is C22H18Cl3N3O2. The quantitative estimate of drug-likeness (QED) is 0.568. The molecule has 1 N–H and O–H groups in total. The fourth-order valence-electron chi connectivity index (χ4n) is 3.42. The minimum absolute atomic E-state index is 0.0881. The largest absolute Gasteiger partial charge is 0.393 e. The number of hydrogen-bond acceptors (Lipinski definition) is 4. The predicted molar refractivity (Wildman–Crippen MR) is 119 cm³/mol. The van der Waals surface area contributed by atoms with Crippen LogP contribution in [0.2, 0.25) is 15.1 Å². The molecule has 4 rings (SSSR count). The first kappa shape index (κ1) is 21.1. The van der Waals surface area contributed by atoms with E-state index in [0.717, 1.165) is 11.1 Å². The Morgan fingerprint density at radius 3 is 2.30 bits per heavy atom. The van der Waals surface area contributed by atoms with E-state index in [-0.39, 0.29) is 17.8 Å². The van der Waals surface area contributed by atoms with Gasteiger partial charge in [-0.25, -0.2) is 9.97 Å². The molecule has 0 atom stereocenters. The molecule has 30 heavy (non-hydrogen) atoms. The van der Waals surface area contributed by atoms with Gasteiger partial charge in [-0.2, -0.15) is 0 Å². The van der Waals surface area contributed by atoms with Gasteiger partial charge in [-0.15, -0.1) is 0 Å². The van der Waals surface area contributed by atoms with Crippen LogP contribution in [0.4, 0.5) is 0 Å². The van der Waals surface area contributed by atoms with Gasteiger partial charge in [0.1, 0.15) is 0 Å². The molecule has 8 heteroatoms. The van der Waals surface area contributed by atoms with Crippen molar-refractivity contribution in [3.05, 3.63) is 69.6 Å². The smallest absolute Gasteiger partial charge is 0.291 e. The molecule has 0 radical (unpaired) electrons. The van der Waals surface area contributed by atoms with Crippen molar-refractivity contribution in [2.24, 2.45) is 0 Å². The second-order valence-electron chi connectivity index (χ2n) is 7.11. The number of aromatic nitrogens is 2. The Bertz CT molecular complexity index is 1080. The van der Waals surface area contributed by atoms with Crippen LogP contribution < -0.4 is 0 Å². The Morgan fingerprint density at radius 2 is 1.63 bits per heavy atom. The molecule has 0 spiro atoms. The molecule has 1 amide bonds. The second kappa shape index (κ2) is 8.90. The second-order valence-corrected chi connectivity index (χ2v) is 8.39. The number of nitrogens with zero attached hydrogens (tertiary/aromatic N) is 3. The molecule has 1 fully saturated rings. The highest BCUT2D eigenvalue weighted by molar-refractivity contribution is 6.36. The van der Waals surface area contributed by atoms with E-state index in [0.29, 0.717) is 52.3 Å². The first-order valence-electron chi connectivity index (χ1n) is 9.48. The Hall–Kier alpha value is -2.18. The van der Waals surface area contributed by atoms with Crippen molar-refractivity contribution in [3.63, 3.8) is 0 Å². The van der Waals surface area contributed by atoms with E-state index in [1.54, 1.807) is 41.4 Å². The van der Waals surface area contributed by atoms with Crippen LogP contribution in [0.1, 0.15) is 23.5 Å². The van der Waals surface area contributed by atoms with Gasteiger partial charge in [-0.1, -0.05) is 46.9 Å². The monoisotopic (exact) mass is 461 g/mol. The minimum Gasteiger partial charge on any atom is -0.393 e. The van der Waals surface area contributed by atoms with Gasteiger partial charge < -0.3 is 10.0 Å². The first-order valence-corrected chi connectivity index (χ1v) is 10.6. The highest BCUT2D eigenvalue weighted by atomic mass is 35.5. The Balaban J connectivity index is 1.79. The molecule has 2 aromatic carbocycles. The number of benzene rings is 2. The predicted octanol–water partition coefficient (Wildman–Crippen LogP) is 5.37. The number of carbonyl (C=O) groups excluding carboxylic acids is 1. The number of piperidine rings is 1. The molecule has 0 unspecified atom stereocenters. The van der Waals surface area contributed by atoms with Crippen LogP contribution in [-0.4, -0.2) is 45.1 Å². The third kappa shape index (κ3) is 4.44. The maximum Gasteiger partial charge on any atom is 0.291 e.